The molecule has 0 aromatic heterocycles. The quantitative estimate of drug-likeness (QED) is 0.596. The topological polar surface area (TPSA) is 46.2 Å². The van der Waals surface area contributed by atoms with Crippen molar-refractivity contribution < 1.29 is 9.59 Å². The zero-order valence-corrected chi connectivity index (χ0v) is 8.62. The van der Waals surface area contributed by atoms with E-state index in [2.05, 4.69) is 11.9 Å². The molecule has 0 saturated heterocycles. The Morgan fingerprint density at radius 1 is 1.53 bits per heavy atom. The number of benzene rings is 1. The van der Waals surface area contributed by atoms with Crippen LogP contribution < -0.4 is 5.32 Å². The molecular weight excluding hydrogens is 190 g/mol. The summed E-state index contributed by atoms with van der Waals surface area (Å²) in [6, 6.07) is 5.21. The van der Waals surface area contributed by atoms with Gasteiger partial charge in [0.2, 0.25) is 0 Å². The maximum absolute atomic E-state index is 11.6. The number of aldehydes is 1. The molecule has 3 nitrogen and oxygen atoms in total. The van der Waals surface area contributed by atoms with Crippen LogP contribution in [-0.2, 0) is 6.42 Å². The highest BCUT2D eigenvalue weighted by Gasteiger charge is 2.13. The molecule has 0 radical (unpaired) electrons. The van der Waals surface area contributed by atoms with Gasteiger partial charge in [0.25, 0.3) is 5.91 Å². The zero-order valence-electron chi connectivity index (χ0n) is 8.62. The minimum Gasteiger partial charge on any atom is -0.355 e. The third-order valence-electron chi connectivity index (χ3n) is 2.13. The van der Waals surface area contributed by atoms with Crippen LogP contribution in [0.5, 0.6) is 0 Å². The van der Waals surface area contributed by atoms with Crippen molar-refractivity contribution in [2.45, 2.75) is 6.42 Å². The number of nitrogens with one attached hydrogen (secondary N) is 1. The van der Waals surface area contributed by atoms with E-state index >= 15 is 0 Å². The second-order valence-corrected chi connectivity index (χ2v) is 3.07. The number of allylic oxidation sites excluding steroid dienone is 1. The third-order valence-corrected chi connectivity index (χ3v) is 2.13. The van der Waals surface area contributed by atoms with Crippen molar-refractivity contribution in [2.75, 3.05) is 7.05 Å². The van der Waals surface area contributed by atoms with E-state index in [4.69, 9.17) is 0 Å². The molecular formula is C12H13NO2. The van der Waals surface area contributed by atoms with Crippen molar-refractivity contribution >= 4 is 12.2 Å². The highest BCUT2D eigenvalue weighted by Crippen LogP contribution is 2.14. The fourth-order valence-electron chi connectivity index (χ4n) is 1.45. The van der Waals surface area contributed by atoms with E-state index < -0.39 is 0 Å². The molecule has 1 amide bonds. The molecule has 0 atom stereocenters. The van der Waals surface area contributed by atoms with E-state index in [0.29, 0.717) is 23.8 Å². The van der Waals surface area contributed by atoms with Gasteiger partial charge in [0.1, 0.15) is 0 Å². The van der Waals surface area contributed by atoms with E-state index in [9.17, 15) is 9.59 Å². The van der Waals surface area contributed by atoms with Gasteiger partial charge in [-0.05, 0) is 12.0 Å². The van der Waals surface area contributed by atoms with E-state index in [1.807, 2.05) is 6.07 Å². The maximum atomic E-state index is 11.6. The molecule has 15 heavy (non-hydrogen) atoms. The SMILES string of the molecule is C=CCc1cccc(C=O)c1C(=O)NC. The Morgan fingerprint density at radius 2 is 2.27 bits per heavy atom. The average molecular weight is 203 g/mol. The van der Waals surface area contributed by atoms with E-state index in [1.54, 1.807) is 25.3 Å². The molecule has 0 saturated carbocycles. The predicted octanol–water partition coefficient (Wildman–Crippen LogP) is 1.59. The molecule has 0 heterocycles. The van der Waals surface area contributed by atoms with Gasteiger partial charge in [-0.1, -0.05) is 24.3 Å². The van der Waals surface area contributed by atoms with Gasteiger partial charge in [-0.15, -0.1) is 6.58 Å². The van der Waals surface area contributed by atoms with Crippen molar-refractivity contribution in [3.8, 4) is 0 Å². The first-order chi connectivity index (χ1) is 7.24. The monoisotopic (exact) mass is 203 g/mol. The highest BCUT2D eigenvalue weighted by molar-refractivity contribution is 6.02. The summed E-state index contributed by atoms with van der Waals surface area (Å²) >= 11 is 0. The van der Waals surface area contributed by atoms with Crippen LogP contribution in [0.2, 0.25) is 0 Å². The summed E-state index contributed by atoms with van der Waals surface area (Å²) in [6.45, 7) is 3.62. The molecule has 0 aliphatic heterocycles. The molecule has 0 bridgehead atoms. The number of hydrogen-bond acceptors (Lipinski definition) is 2. The summed E-state index contributed by atoms with van der Waals surface area (Å²) in [7, 11) is 1.54. The van der Waals surface area contributed by atoms with Crippen LogP contribution in [0.25, 0.3) is 0 Å². The van der Waals surface area contributed by atoms with E-state index in [-0.39, 0.29) is 5.91 Å². The Morgan fingerprint density at radius 3 is 2.80 bits per heavy atom. The Balaban J connectivity index is 3.32. The van der Waals surface area contributed by atoms with Crippen LogP contribution >= 0.6 is 0 Å². The number of rotatable bonds is 4. The van der Waals surface area contributed by atoms with Gasteiger partial charge in [-0.2, -0.15) is 0 Å². The van der Waals surface area contributed by atoms with Crippen molar-refractivity contribution in [3.63, 3.8) is 0 Å². The Kier molecular flexibility index (Phi) is 3.80. The Labute approximate surface area is 88.8 Å². The molecule has 1 rings (SSSR count). The minimum atomic E-state index is -0.241. The Hall–Kier alpha value is -1.90. The lowest BCUT2D eigenvalue weighted by Gasteiger charge is -2.08. The lowest BCUT2D eigenvalue weighted by molar-refractivity contribution is 0.0956. The standard InChI is InChI=1S/C12H13NO2/c1-3-5-9-6-4-7-10(8-14)11(9)12(15)13-2/h3-4,6-8H,1,5H2,2H3,(H,13,15). The maximum Gasteiger partial charge on any atom is 0.252 e. The number of amides is 1. The van der Waals surface area contributed by atoms with Gasteiger partial charge in [0.15, 0.2) is 6.29 Å². The van der Waals surface area contributed by atoms with Gasteiger partial charge >= 0.3 is 0 Å². The molecule has 1 aromatic carbocycles. The molecule has 78 valence electrons. The second-order valence-electron chi connectivity index (χ2n) is 3.07. The second kappa shape index (κ2) is 5.10. The summed E-state index contributed by atoms with van der Waals surface area (Å²) in [4.78, 5) is 22.4. The summed E-state index contributed by atoms with van der Waals surface area (Å²) < 4.78 is 0. The summed E-state index contributed by atoms with van der Waals surface area (Å²) in [6.07, 6.45) is 2.97. The van der Waals surface area contributed by atoms with Crippen molar-refractivity contribution in [3.05, 3.63) is 47.5 Å². The molecule has 0 fully saturated rings. The van der Waals surface area contributed by atoms with Gasteiger partial charge in [0.05, 0.1) is 5.56 Å². The third kappa shape index (κ3) is 2.31. The van der Waals surface area contributed by atoms with Crippen molar-refractivity contribution in [1.29, 1.82) is 0 Å². The largest absolute Gasteiger partial charge is 0.355 e. The van der Waals surface area contributed by atoms with Gasteiger partial charge in [0, 0.05) is 12.6 Å². The van der Waals surface area contributed by atoms with Crippen LogP contribution in [0.3, 0.4) is 0 Å². The fraction of sp³-hybridized carbons (Fsp3) is 0.167. The highest BCUT2D eigenvalue weighted by atomic mass is 16.1. The van der Waals surface area contributed by atoms with Crippen molar-refractivity contribution in [1.82, 2.24) is 5.32 Å². The number of carbonyl (C=O) groups excluding carboxylic acids is 2. The van der Waals surface area contributed by atoms with Crippen LogP contribution in [0.1, 0.15) is 26.3 Å². The fourth-order valence-corrected chi connectivity index (χ4v) is 1.45. The van der Waals surface area contributed by atoms with Gasteiger partial charge in [-0.25, -0.2) is 0 Å². The smallest absolute Gasteiger partial charge is 0.252 e. The minimum absolute atomic E-state index is 0.241. The summed E-state index contributed by atoms with van der Waals surface area (Å²) in [5, 5.41) is 2.52. The normalized spacial score (nSPS) is 9.40. The van der Waals surface area contributed by atoms with Crippen LogP contribution in [0.15, 0.2) is 30.9 Å². The molecule has 0 aliphatic rings. The van der Waals surface area contributed by atoms with E-state index in [1.165, 1.54) is 0 Å². The van der Waals surface area contributed by atoms with Crippen molar-refractivity contribution in [2.24, 2.45) is 0 Å². The number of carbonyl (C=O) groups is 2. The average Bonchev–Trinajstić information content (AvgIpc) is 2.28. The molecule has 0 aliphatic carbocycles. The molecule has 1 N–H and O–H groups in total. The first-order valence-electron chi connectivity index (χ1n) is 4.64. The lowest BCUT2D eigenvalue weighted by Crippen LogP contribution is -2.21. The number of hydrogen-bond donors (Lipinski definition) is 1. The van der Waals surface area contributed by atoms with Crippen LogP contribution in [0, 0.1) is 0 Å². The van der Waals surface area contributed by atoms with E-state index in [0.717, 1.165) is 5.56 Å². The van der Waals surface area contributed by atoms with Crippen LogP contribution in [-0.4, -0.2) is 19.2 Å². The molecule has 0 unspecified atom stereocenters. The molecule has 1 aromatic rings. The first-order valence-corrected chi connectivity index (χ1v) is 4.64. The van der Waals surface area contributed by atoms with Gasteiger partial charge in [-0.3, -0.25) is 9.59 Å². The van der Waals surface area contributed by atoms with Gasteiger partial charge < -0.3 is 5.32 Å². The molecule has 0 spiro atoms. The lowest BCUT2D eigenvalue weighted by atomic mass is 9.99. The zero-order chi connectivity index (χ0) is 11.3. The Bertz CT molecular complexity index is 397. The molecule has 3 heteroatoms. The first kappa shape index (κ1) is 11.2. The summed E-state index contributed by atoms with van der Waals surface area (Å²) in [5.74, 6) is -0.241. The van der Waals surface area contributed by atoms with Crippen LogP contribution in [0.4, 0.5) is 0 Å². The predicted molar refractivity (Wildman–Crippen MR) is 59.1 cm³/mol. The summed E-state index contributed by atoms with van der Waals surface area (Å²) in [5.41, 5.74) is 1.66.